The number of hydrogen-bond donors (Lipinski definition) is 2. The normalized spacial score (nSPS) is 31.4. The van der Waals surface area contributed by atoms with Gasteiger partial charge in [0.2, 0.25) is 5.89 Å². The van der Waals surface area contributed by atoms with Crippen LogP contribution in [0.15, 0.2) is 9.21 Å². The Kier molecular flexibility index (Phi) is 4.45. The molecule has 1 heterocycles. The third-order valence-corrected chi connectivity index (χ3v) is 4.95. The van der Waals surface area contributed by atoms with E-state index in [1.54, 1.807) is 0 Å². The van der Waals surface area contributed by atoms with Gasteiger partial charge >= 0.3 is 5.76 Å². The second-order valence-electron chi connectivity index (χ2n) is 6.64. The third-order valence-electron chi connectivity index (χ3n) is 4.95. The van der Waals surface area contributed by atoms with Crippen molar-refractivity contribution in [2.45, 2.75) is 76.0 Å². The quantitative estimate of drug-likeness (QED) is 0.878. The van der Waals surface area contributed by atoms with Crippen LogP contribution in [-0.4, -0.2) is 27.0 Å². The fourth-order valence-electron chi connectivity index (χ4n) is 3.67. The molecule has 0 aromatic carbocycles. The predicted octanol–water partition coefficient (Wildman–Crippen LogP) is 1.37. The molecule has 0 saturated heterocycles. The van der Waals surface area contributed by atoms with E-state index in [1.165, 1.54) is 23.9 Å². The molecule has 6 nitrogen and oxygen atoms in total. The Balaban J connectivity index is 1.70. The Morgan fingerprint density at radius 1 is 1.24 bits per heavy atom. The number of aliphatic hydroxyl groups is 1. The van der Waals surface area contributed by atoms with Crippen molar-refractivity contribution in [2.75, 3.05) is 0 Å². The molecule has 0 aliphatic heterocycles. The van der Waals surface area contributed by atoms with E-state index in [2.05, 4.69) is 5.10 Å². The van der Waals surface area contributed by atoms with Gasteiger partial charge in [0, 0.05) is 6.04 Å². The monoisotopic (exact) mass is 295 g/mol. The first kappa shape index (κ1) is 14.8. The summed E-state index contributed by atoms with van der Waals surface area (Å²) in [6.07, 6.45) is 7.65. The average Bonchev–Trinajstić information content (AvgIpc) is 2.81. The molecule has 3 N–H and O–H groups in total. The van der Waals surface area contributed by atoms with Crippen molar-refractivity contribution in [2.24, 2.45) is 11.7 Å². The molecule has 0 radical (unpaired) electrons. The molecule has 0 bridgehead atoms. The maximum Gasteiger partial charge on any atom is 0.437 e. The zero-order chi connectivity index (χ0) is 14.8. The van der Waals surface area contributed by atoms with Crippen molar-refractivity contribution >= 4 is 0 Å². The smallest absolute Gasteiger partial charge is 0.392 e. The molecule has 3 atom stereocenters. The highest BCUT2D eigenvalue weighted by Crippen LogP contribution is 2.31. The Morgan fingerprint density at radius 2 is 2.00 bits per heavy atom. The van der Waals surface area contributed by atoms with Crippen LogP contribution in [0.2, 0.25) is 0 Å². The number of rotatable bonds is 3. The highest BCUT2D eigenvalue weighted by Gasteiger charge is 2.33. The first-order valence-electron chi connectivity index (χ1n) is 8.15. The van der Waals surface area contributed by atoms with Crippen LogP contribution < -0.4 is 11.5 Å². The van der Waals surface area contributed by atoms with E-state index >= 15 is 0 Å². The van der Waals surface area contributed by atoms with E-state index in [0.717, 1.165) is 25.7 Å². The van der Waals surface area contributed by atoms with E-state index in [4.69, 9.17) is 10.2 Å². The summed E-state index contributed by atoms with van der Waals surface area (Å²) in [7, 11) is 0. The van der Waals surface area contributed by atoms with Gasteiger partial charge in [0.05, 0.1) is 18.6 Å². The maximum atomic E-state index is 12.0. The highest BCUT2D eigenvalue weighted by atomic mass is 16.4. The zero-order valence-electron chi connectivity index (χ0n) is 12.4. The first-order valence-corrected chi connectivity index (χ1v) is 8.15. The molecular weight excluding hydrogens is 270 g/mol. The number of nitrogens with zero attached hydrogens (tertiary/aromatic N) is 2. The number of nitrogens with two attached hydrogens (primary N) is 1. The van der Waals surface area contributed by atoms with Crippen LogP contribution in [0.1, 0.15) is 63.2 Å². The number of aromatic nitrogens is 2. The van der Waals surface area contributed by atoms with E-state index < -0.39 is 11.9 Å². The van der Waals surface area contributed by atoms with Crippen LogP contribution in [0.4, 0.5) is 0 Å². The Hall–Kier alpha value is -1.14. The van der Waals surface area contributed by atoms with Gasteiger partial charge in [-0.3, -0.25) is 0 Å². The van der Waals surface area contributed by atoms with Crippen LogP contribution in [0.3, 0.4) is 0 Å². The largest absolute Gasteiger partial charge is 0.437 e. The lowest BCUT2D eigenvalue weighted by Gasteiger charge is -2.28. The Morgan fingerprint density at radius 3 is 2.71 bits per heavy atom. The van der Waals surface area contributed by atoms with Crippen molar-refractivity contribution in [1.29, 1.82) is 0 Å². The van der Waals surface area contributed by atoms with Gasteiger partial charge in [0.25, 0.3) is 0 Å². The van der Waals surface area contributed by atoms with Crippen LogP contribution >= 0.6 is 0 Å². The average molecular weight is 295 g/mol. The van der Waals surface area contributed by atoms with Crippen molar-refractivity contribution in [1.82, 2.24) is 9.78 Å². The number of aliphatic hydroxyl groups excluding tert-OH is 1. The molecule has 3 rings (SSSR count). The van der Waals surface area contributed by atoms with E-state index in [1.807, 2.05) is 0 Å². The van der Waals surface area contributed by atoms with Gasteiger partial charge in [-0.25, -0.2) is 4.79 Å². The molecule has 0 amide bonds. The van der Waals surface area contributed by atoms with Crippen LogP contribution in [-0.2, 0) is 6.54 Å². The fourth-order valence-corrected chi connectivity index (χ4v) is 3.67. The van der Waals surface area contributed by atoms with Gasteiger partial charge in [0.15, 0.2) is 0 Å². The van der Waals surface area contributed by atoms with Crippen molar-refractivity contribution in [3.63, 3.8) is 0 Å². The van der Waals surface area contributed by atoms with Crippen molar-refractivity contribution in [3.05, 3.63) is 16.4 Å². The molecule has 2 aliphatic carbocycles. The van der Waals surface area contributed by atoms with E-state index in [9.17, 15) is 9.90 Å². The summed E-state index contributed by atoms with van der Waals surface area (Å²) in [5.74, 6) is 0.331. The Bertz CT molecular complexity index is 518. The summed E-state index contributed by atoms with van der Waals surface area (Å²) in [5.41, 5.74) is 5.85. The third kappa shape index (κ3) is 3.37. The SMILES string of the molecule is NC1CCC(c2nn(CC3CCCCC3)c(=O)o2)C(O)C1. The van der Waals surface area contributed by atoms with E-state index in [-0.39, 0.29) is 12.0 Å². The van der Waals surface area contributed by atoms with Gasteiger partial charge in [-0.15, -0.1) is 5.10 Å². The molecule has 1 aromatic heterocycles. The highest BCUT2D eigenvalue weighted by molar-refractivity contribution is 4.98. The molecule has 2 aliphatic rings. The molecule has 1 aromatic rings. The maximum absolute atomic E-state index is 12.0. The van der Waals surface area contributed by atoms with E-state index in [0.29, 0.717) is 24.8 Å². The molecule has 2 fully saturated rings. The van der Waals surface area contributed by atoms with Crippen LogP contribution in [0.5, 0.6) is 0 Å². The minimum atomic E-state index is -0.560. The van der Waals surface area contributed by atoms with Gasteiger partial charge in [-0.1, -0.05) is 19.3 Å². The molecule has 21 heavy (non-hydrogen) atoms. The second kappa shape index (κ2) is 6.32. The second-order valence-corrected chi connectivity index (χ2v) is 6.64. The molecule has 0 spiro atoms. The van der Waals surface area contributed by atoms with Crippen molar-refractivity contribution < 1.29 is 9.52 Å². The van der Waals surface area contributed by atoms with Gasteiger partial charge < -0.3 is 15.3 Å². The predicted molar refractivity (Wildman–Crippen MR) is 77.9 cm³/mol. The van der Waals surface area contributed by atoms with Gasteiger partial charge in [-0.05, 0) is 38.0 Å². The summed E-state index contributed by atoms with van der Waals surface area (Å²) < 4.78 is 6.75. The van der Waals surface area contributed by atoms with Crippen molar-refractivity contribution in [3.8, 4) is 0 Å². The van der Waals surface area contributed by atoms with Gasteiger partial charge in [-0.2, -0.15) is 4.68 Å². The summed E-state index contributed by atoms with van der Waals surface area (Å²) in [6, 6.07) is 0.0345. The number of hydrogen-bond acceptors (Lipinski definition) is 5. The zero-order valence-corrected chi connectivity index (χ0v) is 12.4. The molecular formula is C15H25N3O3. The van der Waals surface area contributed by atoms with Crippen LogP contribution in [0, 0.1) is 5.92 Å². The summed E-state index contributed by atoms with van der Waals surface area (Å²) in [4.78, 5) is 12.0. The minimum Gasteiger partial charge on any atom is -0.392 e. The molecule has 2 saturated carbocycles. The lowest BCUT2D eigenvalue weighted by atomic mass is 9.84. The summed E-state index contributed by atoms with van der Waals surface area (Å²) >= 11 is 0. The molecule has 3 unspecified atom stereocenters. The standard InChI is InChI=1S/C15H25N3O3/c16-11-6-7-12(13(19)8-11)14-17-18(15(20)21-14)9-10-4-2-1-3-5-10/h10-13,19H,1-9,16H2. The van der Waals surface area contributed by atoms with Gasteiger partial charge in [0.1, 0.15) is 0 Å². The summed E-state index contributed by atoms with van der Waals surface area (Å²) in [5, 5.41) is 14.5. The lowest BCUT2D eigenvalue weighted by molar-refractivity contribution is 0.0849. The fraction of sp³-hybridized carbons (Fsp3) is 0.867. The molecule has 6 heteroatoms. The summed E-state index contributed by atoms with van der Waals surface area (Å²) in [6.45, 7) is 0.644. The molecule has 118 valence electrons. The first-order chi connectivity index (χ1) is 10.1. The lowest BCUT2D eigenvalue weighted by Crippen LogP contribution is -2.35. The van der Waals surface area contributed by atoms with Crippen LogP contribution in [0.25, 0.3) is 0 Å². The Labute approximate surface area is 124 Å². The minimum absolute atomic E-state index is 0.0345. The topological polar surface area (TPSA) is 94.3 Å².